The number of rotatable bonds is 13. The Bertz CT molecular complexity index is 1680. The Morgan fingerprint density at radius 2 is 1.69 bits per heavy atom. The van der Waals surface area contributed by atoms with E-state index in [-0.39, 0.29) is 13.2 Å². The van der Waals surface area contributed by atoms with Crippen molar-refractivity contribution in [1.29, 1.82) is 5.26 Å². The Balaban J connectivity index is 1.26. The maximum absolute atomic E-state index is 11.7. The lowest BCUT2D eigenvalue weighted by Gasteiger charge is -2.26. The molecule has 0 amide bonds. The van der Waals surface area contributed by atoms with Crippen LogP contribution in [0.1, 0.15) is 44.6 Å². The number of hydrogen-bond acceptors (Lipinski definition) is 8. The predicted octanol–water partition coefficient (Wildman–Crippen LogP) is 6.96. The molecule has 0 saturated carbocycles. The van der Waals surface area contributed by atoms with Crippen molar-refractivity contribution >= 4 is 17.9 Å². The molecule has 5 rings (SSSR count). The fourth-order valence-corrected chi connectivity index (χ4v) is 5.54. The molecule has 0 unspecified atom stereocenters. The van der Waals surface area contributed by atoms with E-state index in [1.165, 1.54) is 12.3 Å². The highest BCUT2D eigenvalue weighted by molar-refractivity contribution is 6.32. The quantitative estimate of drug-likeness (QED) is 0.116. The lowest BCUT2D eigenvalue weighted by Crippen LogP contribution is -2.37. The van der Waals surface area contributed by atoms with Crippen LogP contribution in [0.25, 0.3) is 11.1 Å². The van der Waals surface area contributed by atoms with Crippen LogP contribution in [0.4, 0.5) is 0 Å². The first kappa shape index (κ1) is 32.0. The molecule has 2 heterocycles. The second-order valence-corrected chi connectivity index (χ2v) is 11.3. The van der Waals surface area contributed by atoms with Gasteiger partial charge in [-0.15, -0.1) is 0 Å². The van der Waals surface area contributed by atoms with E-state index < -0.39 is 0 Å². The summed E-state index contributed by atoms with van der Waals surface area (Å²) in [6.07, 6.45) is 4.74. The van der Waals surface area contributed by atoms with E-state index in [1.54, 1.807) is 18.3 Å². The van der Waals surface area contributed by atoms with E-state index in [1.807, 2.05) is 24.3 Å². The average Bonchev–Trinajstić information content (AvgIpc) is 3.07. The van der Waals surface area contributed by atoms with Crippen molar-refractivity contribution in [1.82, 2.24) is 9.88 Å². The Labute approximate surface area is 269 Å². The normalized spacial score (nSPS) is 13.2. The molecule has 1 aliphatic heterocycles. The molecule has 1 fully saturated rings. The van der Waals surface area contributed by atoms with Crippen LogP contribution in [0.5, 0.6) is 17.2 Å². The van der Waals surface area contributed by atoms with Crippen LogP contribution in [0.15, 0.2) is 67.0 Å². The molecule has 0 bridgehead atoms. The van der Waals surface area contributed by atoms with Crippen LogP contribution in [-0.2, 0) is 18.0 Å². The van der Waals surface area contributed by atoms with E-state index in [2.05, 4.69) is 41.9 Å². The average molecular weight is 626 g/mol. The summed E-state index contributed by atoms with van der Waals surface area (Å²) in [6, 6.07) is 19.2. The molecule has 0 radical (unpaired) electrons. The van der Waals surface area contributed by atoms with Crippen LogP contribution in [0.3, 0.4) is 0 Å². The zero-order valence-corrected chi connectivity index (χ0v) is 26.3. The van der Waals surface area contributed by atoms with Gasteiger partial charge < -0.3 is 18.9 Å². The van der Waals surface area contributed by atoms with Gasteiger partial charge in [-0.2, -0.15) is 5.26 Å². The number of nitrogens with zero attached hydrogens (tertiary/aromatic N) is 3. The van der Waals surface area contributed by atoms with Gasteiger partial charge in [0, 0.05) is 43.7 Å². The van der Waals surface area contributed by atoms with Gasteiger partial charge in [0.25, 0.3) is 0 Å². The number of nitriles is 1. The summed E-state index contributed by atoms with van der Waals surface area (Å²) in [5, 5.41) is 9.44. The molecule has 1 saturated heterocycles. The number of ether oxygens (including phenoxy) is 4. The summed E-state index contributed by atoms with van der Waals surface area (Å²) in [6.45, 7) is 9.81. The second kappa shape index (κ2) is 15.5. The minimum atomic E-state index is 0.127. The molecule has 1 aliphatic rings. The first-order valence-corrected chi connectivity index (χ1v) is 15.3. The molecule has 0 atom stereocenters. The van der Waals surface area contributed by atoms with E-state index >= 15 is 0 Å². The van der Waals surface area contributed by atoms with Crippen LogP contribution < -0.4 is 14.2 Å². The molecule has 45 heavy (non-hydrogen) atoms. The molecular weight excluding hydrogens is 590 g/mol. The third-order valence-electron chi connectivity index (χ3n) is 7.89. The number of carbonyl (C=O) groups excluding carboxylic acids is 1. The molecule has 8 nitrogen and oxygen atoms in total. The fourth-order valence-electron chi connectivity index (χ4n) is 5.31. The van der Waals surface area contributed by atoms with Gasteiger partial charge in [-0.05, 0) is 66.3 Å². The number of hydrogen-bond donors (Lipinski definition) is 0. The minimum Gasteiger partial charge on any atom is -0.493 e. The van der Waals surface area contributed by atoms with E-state index in [4.69, 9.17) is 35.8 Å². The molecule has 1 aromatic heterocycles. The SMILES string of the molecule is Cc1c(COc2cc(OCc3cncc(C#N)c3)c(C=O)cc2Cl)cccc1-c1cccc(OCCCN2CCOCC2)c1C. The van der Waals surface area contributed by atoms with Gasteiger partial charge in [-0.1, -0.05) is 41.9 Å². The van der Waals surface area contributed by atoms with Gasteiger partial charge in [0.05, 0.1) is 36.0 Å². The van der Waals surface area contributed by atoms with Gasteiger partial charge in [-0.3, -0.25) is 14.7 Å². The van der Waals surface area contributed by atoms with Gasteiger partial charge in [-0.25, -0.2) is 0 Å². The third kappa shape index (κ3) is 8.20. The molecule has 0 N–H and O–H groups in total. The summed E-state index contributed by atoms with van der Waals surface area (Å²) >= 11 is 6.50. The lowest BCUT2D eigenvalue weighted by molar-refractivity contribution is 0.0358. The smallest absolute Gasteiger partial charge is 0.153 e. The Hall–Kier alpha value is -4.42. The standard InChI is InChI=1S/C36H36ClN3O5/c1-25-29(24-45-36-18-35(30(22-41)17-33(36)37)44-23-28-16-27(19-38)20-39-21-28)6-3-7-31(25)32-8-4-9-34(26(32)2)43-13-5-10-40-11-14-42-15-12-40/h3-4,6-9,16-18,20-22H,5,10-15,23-24H2,1-2H3. The first-order chi connectivity index (χ1) is 22.0. The second-order valence-electron chi connectivity index (χ2n) is 10.9. The van der Waals surface area contributed by atoms with Crippen molar-refractivity contribution in [2.75, 3.05) is 39.5 Å². The minimum absolute atomic E-state index is 0.127. The van der Waals surface area contributed by atoms with Crippen LogP contribution in [0.2, 0.25) is 5.02 Å². The van der Waals surface area contributed by atoms with Crippen LogP contribution in [-0.4, -0.2) is 55.6 Å². The molecule has 3 aromatic carbocycles. The molecular formula is C36H36ClN3O5. The van der Waals surface area contributed by atoms with Crippen molar-refractivity contribution in [2.45, 2.75) is 33.5 Å². The number of pyridine rings is 1. The topological polar surface area (TPSA) is 93.9 Å². The molecule has 0 spiro atoms. The molecule has 0 aliphatic carbocycles. The Morgan fingerprint density at radius 3 is 2.47 bits per heavy atom. The number of aromatic nitrogens is 1. The van der Waals surface area contributed by atoms with Crippen molar-refractivity contribution in [3.05, 3.63) is 105 Å². The highest BCUT2D eigenvalue weighted by Crippen LogP contribution is 2.36. The first-order valence-electron chi connectivity index (χ1n) is 15.0. The summed E-state index contributed by atoms with van der Waals surface area (Å²) in [5.41, 5.74) is 6.83. The summed E-state index contributed by atoms with van der Waals surface area (Å²) in [4.78, 5) is 18.2. The highest BCUT2D eigenvalue weighted by atomic mass is 35.5. The van der Waals surface area contributed by atoms with Crippen molar-refractivity contribution in [3.63, 3.8) is 0 Å². The summed E-state index contributed by atoms with van der Waals surface area (Å²) in [5.74, 6) is 1.62. The summed E-state index contributed by atoms with van der Waals surface area (Å²) < 4.78 is 23.7. The Morgan fingerprint density at radius 1 is 0.933 bits per heavy atom. The van der Waals surface area contributed by atoms with Gasteiger partial charge in [0.15, 0.2) is 6.29 Å². The van der Waals surface area contributed by atoms with E-state index in [0.29, 0.717) is 46.1 Å². The van der Waals surface area contributed by atoms with Gasteiger partial charge in [0.1, 0.15) is 36.5 Å². The van der Waals surface area contributed by atoms with Crippen molar-refractivity contribution in [2.24, 2.45) is 0 Å². The number of morpholine rings is 1. The number of aldehydes is 1. The largest absolute Gasteiger partial charge is 0.493 e. The van der Waals surface area contributed by atoms with E-state index in [9.17, 15) is 4.79 Å². The monoisotopic (exact) mass is 625 g/mol. The molecule has 232 valence electrons. The van der Waals surface area contributed by atoms with E-state index in [0.717, 1.165) is 72.8 Å². The van der Waals surface area contributed by atoms with Crippen LogP contribution >= 0.6 is 11.6 Å². The maximum Gasteiger partial charge on any atom is 0.153 e. The number of benzene rings is 3. The van der Waals surface area contributed by atoms with Crippen LogP contribution in [0, 0.1) is 25.2 Å². The number of halogens is 1. The van der Waals surface area contributed by atoms with Crippen molar-refractivity contribution in [3.8, 4) is 34.4 Å². The zero-order chi connectivity index (χ0) is 31.6. The zero-order valence-electron chi connectivity index (χ0n) is 25.6. The van der Waals surface area contributed by atoms with Crippen molar-refractivity contribution < 1.29 is 23.7 Å². The summed E-state index contributed by atoms with van der Waals surface area (Å²) in [7, 11) is 0. The predicted molar refractivity (Wildman–Crippen MR) is 173 cm³/mol. The molecule has 4 aromatic rings. The van der Waals surface area contributed by atoms with Gasteiger partial charge in [0.2, 0.25) is 0 Å². The lowest BCUT2D eigenvalue weighted by atomic mass is 9.93. The third-order valence-corrected chi connectivity index (χ3v) is 8.19. The highest BCUT2D eigenvalue weighted by Gasteiger charge is 2.15. The van der Waals surface area contributed by atoms with Gasteiger partial charge >= 0.3 is 0 Å². The Kier molecular flexibility index (Phi) is 11.0. The molecule has 9 heteroatoms. The maximum atomic E-state index is 11.7. The number of carbonyl (C=O) groups is 1. The fraction of sp³-hybridized carbons (Fsp3) is 0.306.